The van der Waals surface area contributed by atoms with E-state index in [0.29, 0.717) is 33.5 Å². The second-order valence-corrected chi connectivity index (χ2v) is 6.70. The molecular weight excluding hydrogens is 385 g/mol. The zero-order chi connectivity index (χ0) is 21.3. The molecule has 2 heterocycles. The van der Waals surface area contributed by atoms with Crippen molar-refractivity contribution in [2.45, 2.75) is 13.8 Å². The van der Waals surface area contributed by atoms with Crippen molar-refractivity contribution in [1.29, 1.82) is 5.26 Å². The topological polar surface area (TPSA) is 88.1 Å². The normalized spacial score (nSPS) is 10.6. The number of ether oxygens (including phenoxy) is 1. The Kier molecular flexibility index (Phi) is 4.90. The lowest BCUT2D eigenvalue weighted by Gasteiger charge is -2.11. The highest BCUT2D eigenvalue weighted by atomic mass is 19.1. The van der Waals surface area contributed by atoms with Gasteiger partial charge < -0.3 is 14.5 Å². The molecule has 6 nitrogen and oxygen atoms in total. The molecule has 0 saturated carbocycles. The first-order chi connectivity index (χ1) is 14.5. The largest absolute Gasteiger partial charge is 0.451 e. The number of nitriles is 1. The van der Waals surface area contributed by atoms with Crippen LogP contribution in [0.15, 0.2) is 59.1 Å². The smallest absolute Gasteiger partial charge is 0.291 e. The number of aryl methyl sites for hydroxylation is 2. The van der Waals surface area contributed by atoms with Crippen molar-refractivity contribution in [3.05, 3.63) is 83.0 Å². The van der Waals surface area contributed by atoms with E-state index in [1.165, 1.54) is 18.2 Å². The third-order valence-corrected chi connectivity index (χ3v) is 4.66. The Morgan fingerprint density at radius 2 is 2.03 bits per heavy atom. The molecule has 0 aliphatic rings. The number of fused-ring (bicyclic) bond motifs is 1. The number of amides is 1. The van der Waals surface area contributed by atoms with Crippen molar-refractivity contribution >= 4 is 22.6 Å². The van der Waals surface area contributed by atoms with E-state index in [0.717, 1.165) is 5.56 Å². The van der Waals surface area contributed by atoms with Gasteiger partial charge in [0.1, 0.15) is 28.8 Å². The van der Waals surface area contributed by atoms with Crippen LogP contribution >= 0.6 is 0 Å². The highest BCUT2D eigenvalue weighted by Gasteiger charge is 2.19. The average molecular weight is 401 g/mol. The van der Waals surface area contributed by atoms with E-state index in [4.69, 9.17) is 14.4 Å². The lowest BCUT2D eigenvalue weighted by Crippen LogP contribution is -2.13. The first-order valence-corrected chi connectivity index (χ1v) is 9.10. The Labute approximate surface area is 171 Å². The Hall–Kier alpha value is -4.18. The van der Waals surface area contributed by atoms with Crippen LogP contribution in [-0.2, 0) is 0 Å². The summed E-state index contributed by atoms with van der Waals surface area (Å²) in [5, 5.41) is 12.5. The molecule has 148 valence electrons. The molecule has 7 heteroatoms. The second kappa shape index (κ2) is 7.68. The van der Waals surface area contributed by atoms with E-state index in [9.17, 15) is 9.18 Å². The van der Waals surface area contributed by atoms with Crippen molar-refractivity contribution in [1.82, 2.24) is 4.98 Å². The number of carbonyl (C=O) groups is 1. The van der Waals surface area contributed by atoms with E-state index in [2.05, 4.69) is 10.3 Å². The van der Waals surface area contributed by atoms with Gasteiger partial charge in [-0.3, -0.25) is 4.79 Å². The Morgan fingerprint density at radius 1 is 1.20 bits per heavy atom. The zero-order valence-electron chi connectivity index (χ0n) is 16.2. The molecule has 0 aliphatic heterocycles. The first kappa shape index (κ1) is 19.2. The molecule has 4 aromatic rings. The molecule has 0 bridgehead atoms. The Balaban J connectivity index is 1.56. The van der Waals surface area contributed by atoms with Crippen LogP contribution in [-0.4, -0.2) is 10.9 Å². The minimum atomic E-state index is -0.433. The zero-order valence-corrected chi connectivity index (χ0v) is 16.2. The van der Waals surface area contributed by atoms with Gasteiger partial charge in [0.25, 0.3) is 5.91 Å². The minimum absolute atomic E-state index is 0.127. The number of furan rings is 1. The van der Waals surface area contributed by atoms with Gasteiger partial charge in [-0.2, -0.15) is 5.26 Å². The van der Waals surface area contributed by atoms with Crippen LogP contribution in [0.2, 0.25) is 0 Å². The van der Waals surface area contributed by atoms with Crippen LogP contribution in [0, 0.1) is 31.0 Å². The van der Waals surface area contributed by atoms with Crippen LogP contribution in [0.25, 0.3) is 11.0 Å². The third kappa shape index (κ3) is 3.59. The monoisotopic (exact) mass is 401 g/mol. The van der Waals surface area contributed by atoms with Gasteiger partial charge in [0, 0.05) is 22.8 Å². The summed E-state index contributed by atoms with van der Waals surface area (Å²) in [6, 6.07) is 14.5. The molecule has 0 aliphatic carbocycles. The number of nitrogens with zero attached hydrogens (tertiary/aromatic N) is 2. The predicted molar refractivity (Wildman–Crippen MR) is 109 cm³/mol. The second-order valence-electron chi connectivity index (χ2n) is 6.70. The molecule has 1 amide bonds. The lowest BCUT2D eigenvalue weighted by atomic mass is 10.1. The van der Waals surface area contributed by atoms with Gasteiger partial charge in [-0.05, 0) is 67.9 Å². The maximum Gasteiger partial charge on any atom is 0.291 e. The van der Waals surface area contributed by atoms with Gasteiger partial charge in [0.2, 0.25) is 5.88 Å². The number of nitrogens with one attached hydrogen (secondary N) is 1. The third-order valence-electron chi connectivity index (χ3n) is 4.66. The van der Waals surface area contributed by atoms with Gasteiger partial charge in [-0.25, -0.2) is 9.37 Å². The highest BCUT2D eigenvalue weighted by Crippen LogP contribution is 2.29. The summed E-state index contributed by atoms with van der Waals surface area (Å²) in [6.07, 6.45) is 1.54. The van der Waals surface area contributed by atoms with Gasteiger partial charge in [0.15, 0.2) is 5.76 Å². The summed E-state index contributed by atoms with van der Waals surface area (Å²) >= 11 is 0. The summed E-state index contributed by atoms with van der Waals surface area (Å²) in [5.41, 5.74) is 2.65. The standard InChI is InChI=1S/C23H16FN3O3/c1-13-10-17(29-23-15(12-25)4-3-9-26-23)6-7-19(13)27-22(28)21-14(2)18-11-16(24)5-8-20(18)30-21/h3-11H,1-2H3,(H,27,28). The average Bonchev–Trinajstić information content (AvgIpc) is 3.06. The van der Waals surface area contributed by atoms with Gasteiger partial charge in [-0.15, -0.1) is 0 Å². The van der Waals surface area contributed by atoms with Crippen LogP contribution in [0.3, 0.4) is 0 Å². The lowest BCUT2D eigenvalue weighted by molar-refractivity contribution is 0.0998. The van der Waals surface area contributed by atoms with Crippen molar-refractivity contribution in [2.75, 3.05) is 5.32 Å². The SMILES string of the molecule is Cc1cc(Oc2ncccc2C#N)ccc1NC(=O)c1oc2ccc(F)cc2c1C. The molecule has 30 heavy (non-hydrogen) atoms. The number of pyridine rings is 1. The van der Waals surface area contributed by atoms with Crippen LogP contribution in [0.4, 0.5) is 10.1 Å². The number of aromatic nitrogens is 1. The highest BCUT2D eigenvalue weighted by molar-refractivity contribution is 6.06. The first-order valence-electron chi connectivity index (χ1n) is 9.10. The molecule has 0 saturated heterocycles. The van der Waals surface area contributed by atoms with Crippen LogP contribution in [0.1, 0.15) is 27.2 Å². The molecule has 0 spiro atoms. The fourth-order valence-corrected chi connectivity index (χ4v) is 3.10. The van der Waals surface area contributed by atoms with E-state index in [1.807, 2.05) is 13.0 Å². The number of halogens is 1. The van der Waals surface area contributed by atoms with Gasteiger partial charge in [0.05, 0.1) is 0 Å². The quantitative estimate of drug-likeness (QED) is 0.488. The summed E-state index contributed by atoms with van der Waals surface area (Å²) in [4.78, 5) is 16.8. The summed E-state index contributed by atoms with van der Waals surface area (Å²) in [5.74, 6) is -0.00509. The number of benzene rings is 2. The van der Waals surface area contributed by atoms with Crippen molar-refractivity contribution < 1.29 is 18.3 Å². The van der Waals surface area contributed by atoms with E-state index in [-0.39, 0.29) is 11.6 Å². The van der Waals surface area contributed by atoms with Crippen LogP contribution < -0.4 is 10.1 Å². The molecule has 4 rings (SSSR count). The van der Waals surface area contributed by atoms with Crippen LogP contribution in [0.5, 0.6) is 11.6 Å². The molecule has 1 N–H and O–H groups in total. The van der Waals surface area contributed by atoms with Crippen molar-refractivity contribution in [2.24, 2.45) is 0 Å². The van der Waals surface area contributed by atoms with Crippen molar-refractivity contribution in [3.63, 3.8) is 0 Å². The Bertz CT molecular complexity index is 1320. The number of hydrogen-bond donors (Lipinski definition) is 1. The minimum Gasteiger partial charge on any atom is -0.451 e. The molecule has 0 unspecified atom stereocenters. The predicted octanol–water partition coefficient (Wildman–Crippen LogP) is 5.50. The van der Waals surface area contributed by atoms with E-state index in [1.54, 1.807) is 43.5 Å². The molecule has 2 aromatic heterocycles. The number of rotatable bonds is 4. The molecular formula is C23H16FN3O3. The summed E-state index contributed by atoms with van der Waals surface area (Å²) in [6.45, 7) is 3.52. The fraction of sp³-hybridized carbons (Fsp3) is 0.0870. The summed E-state index contributed by atoms with van der Waals surface area (Å²) < 4.78 is 24.8. The molecule has 0 atom stereocenters. The van der Waals surface area contributed by atoms with Gasteiger partial charge in [-0.1, -0.05) is 0 Å². The maximum absolute atomic E-state index is 13.5. The number of hydrogen-bond acceptors (Lipinski definition) is 5. The molecule has 0 radical (unpaired) electrons. The van der Waals surface area contributed by atoms with Crippen molar-refractivity contribution in [3.8, 4) is 17.7 Å². The van der Waals surface area contributed by atoms with E-state index < -0.39 is 11.7 Å². The molecule has 2 aromatic carbocycles. The summed E-state index contributed by atoms with van der Waals surface area (Å²) in [7, 11) is 0. The van der Waals surface area contributed by atoms with Gasteiger partial charge >= 0.3 is 0 Å². The number of carbonyl (C=O) groups excluding carboxylic acids is 1. The fourth-order valence-electron chi connectivity index (χ4n) is 3.10. The number of anilines is 1. The Morgan fingerprint density at radius 3 is 2.80 bits per heavy atom. The van der Waals surface area contributed by atoms with E-state index >= 15 is 0 Å². The molecule has 0 fully saturated rings. The maximum atomic E-state index is 13.5.